The van der Waals surface area contributed by atoms with Crippen LogP contribution in [0.3, 0.4) is 0 Å². The molecule has 150 valence electrons. The molecule has 0 N–H and O–H groups in total. The van der Waals surface area contributed by atoms with Gasteiger partial charge in [0.2, 0.25) is 5.78 Å². The van der Waals surface area contributed by atoms with E-state index in [2.05, 4.69) is 6.92 Å². The van der Waals surface area contributed by atoms with Gasteiger partial charge in [0.1, 0.15) is 0 Å². The first-order valence-corrected chi connectivity index (χ1v) is 10.3. The fourth-order valence-corrected chi connectivity index (χ4v) is 3.87. The molecule has 0 radical (unpaired) electrons. The van der Waals surface area contributed by atoms with Gasteiger partial charge in [-0.3, -0.25) is 9.78 Å². The summed E-state index contributed by atoms with van der Waals surface area (Å²) in [4.78, 5) is 30.2. The van der Waals surface area contributed by atoms with Crippen LogP contribution in [-0.4, -0.2) is 23.3 Å². The predicted octanol–water partition coefficient (Wildman–Crippen LogP) is 6.10. The highest BCUT2D eigenvalue weighted by Gasteiger charge is 2.22. The number of hydrogen-bond donors (Lipinski definition) is 0. The van der Waals surface area contributed by atoms with Gasteiger partial charge in [-0.2, -0.15) is 0 Å². The van der Waals surface area contributed by atoms with Crippen molar-refractivity contribution in [3.8, 4) is 0 Å². The number of ether oxygens (including phenoxy) is 1. The first-order chi connectivity index (χ1) is 14.0. The van der Waals surface area contributed by atoms with Crippen LogP contribution in [0.5, 0.6) is 0 Å². The summed E-state index contributed by atoms with van der Waals surface area (Å²) < 4.78 is 5.41. The smallest absolute Gasteiger partial charge is 0.339 e. The maximum absolute atomic E-state index is 13.0. The number of nitrogens with zero attached hydrogens (tertiary/aromatic N) is 1. The molecule has 0 aliphatic heterocycles. The van der Waals surface area contributed by atoms with E-state index in [1.165, 1.54) is 12.1 Å². The molecule has 3 rings (SSSR count). The van der Waals surface area contributed by atoms with Crippen molar-refractivity contribution in [2.24, 2.45) is 0 Å². The van der Waals surface area contributed by atoms with Gasteiger partial charge in [0, 0.05) is 21.7 Å². The summed E-state index contributed by atoms with van der Waals surface area (Å²) >= 11 is 12.0. The van der Waals surface area contributed by atoms with Gasteiger partial charge < -0.3 is 4.74 Å². The molecular weight excluding hydrogens is 409 g/mol. The molecule has 1 heterocycles. The molecule has 0 unspecified atom stereocenters. The van der Waals surface area contributed by atoms with Crippen molar-refractivity contribution in [3.63, 3.8) is 0 Å². The van der Waals surface area contributed by atoms with Gasteiger partial charge in [0.25, 0.3) is 0 Å². The molecule has 0 aliphatic rings. The van der Waals surface area contributed by atoms with Crippen LogP contribution in [-0.2, 0) is 17.6 Å². The third-order valence-corrected chi connectivity index (χ3v) is 5.24. The average molecular weight is 430 g/mol. The van der Waals surface area contributed by atoms with Gasteiger partial charge in [-0.15, -0.1) is 0 Å². The van der Waals surface area contributed by atoms with Crippen LogP contribution in [0, 0.1) is 0 Å². The van der Waals surface area contributed by atoms with Crippen molar-refractivity contribution < 1.29 is 14.3 Å². The highest BCUT2D eigenvalue weighted by atomic mass is 35.5. The van der Waals surface area contributed by atoms with Gasteiger partial charge in [-0.1, -0.05) is 61.7 Å². The van der Waals surface area contributed by atoms with E-state index in [-0.39, 0.29) is 16.4 Å². The molecule has 3 aromatic rings. The van der Waals surface area contributed by atoms with Crippen LogP contribution in [0.25, 0.3) is 10.9 Å². The Hall–Kier alpha value is -2.43. The number of benzene rings is 2. The molecule has 0 amide bonds. The molecule has 0 bridgehead atoms. The zero-order valence-electron chi connectivity index (χ0n) is 16.3. The quantitative estimate of drug-likeness (QED) is 0.336. The lowest BCUT2D eigenvalue weighted by molar-refractivity contribution is 0.0475. The summed E-state index contributed by atoms with van der Waals surface area (Å²) in [5, 5.41) is 1.39. The van der Waals surface area contributed by atoms with E-state index < -0.39 is 12.6 Å². The van der Waals surface area contributed by atoms with Crippen molar-refractivity contribution in [3.05, 3.63) is 74.9 Å². The number of carbonyl (C=O) groups is 2. The molecule has 0 saturated heterocycles. The van der Waals surface area contributed by atoms with Crippen LogP contribution in [0.2, 0.25) is 10.0 Å². The van der Waals surface area contributed by atoms with Crippen LogP contribution >= 0.6 is 23.2 Å². The number of ketones is 1. The van der Waals surface area contributed by atoms with Crippen molar-refractivity contribution in [1.29, 1.82) is 0 Å². The summed E-state index contributed by atoms with van der Waals surface area (Å²) in [6.45, 7) is 3.66. The Bertz CT molecular complexity index is 1080. The number of carbonyl (C=O) groups excluding carboxylic acids is 2. The predicted molar refractivity (Wildman–Crippen MR) is 116 cm³/mol. The fourth-order valence-electron chi connectivity index (χ4n) is 3.36. The Balaban J connectivity index is 1.93. The molecular formula is C23H21Cl2NO3. The lowest BCUT2D eigenvalue weighted by Crippen LogP contribution is -2.17. The van der Waals surface area contributed by atoms with E-state index in [1.807, 2.05) is 31.2 Å². The normalized spacial score (nSPS) is 10.9. The zero-order chi connectivity index (χ0) is 21.0. The second-order valence-corrected chi connectivity index (χ2v) is 7.50. The monoisotopic (exact) mass is 429 g/mol. The molecule has 29 heavy (non-hydrogen) atoms. The largest absolute Gasteiger partial charge is 0.454 e. The van der Waals surface area contributed by atoms with Crippen LogP contribution in [0.15, 0.2) is 42.5 Å². The Morgan fingerprint density at radius 1 is 1.07 bits per heavy atom. The molecule has 6 heteroatoms. The standard InChI is InChI=1S/C23H21Cl2NO3/c1-3-7-19-15(4-2)22(17-8-5-6-9-20(17)26-19)23(28)29-13-21(27)16-11-10-14(24)12-18(16)25/h5-6,8-12H,3-4,7,13H2,1-2H3. The van der Waals surface area contributed by atoms with E-state index in [4.69, 9.17) is 32.9 Å². The molecule has 0 spiro atoms. The Labute approximate surface area is 179 Å². The molecule has 4 nitrogen and oxygen atoms in total. The van der Waals surface area contributed by atoms with E-state index in [0.717, 1.165) is 35.0 Å². The van der Waals surface area contributed by atoms with Crippen molar-refractivity contribution in [2.45, 2.75) is 33.1 Å². The summed E-state index contributed by atoms with van der Waals surface area (Å²) in [5.74, 6) is -0.915. The minimum Gasteiger partial charge on any atom is -0.454 e. The van der Waals surface area contributed by atoms with E-state index in [9.17, 15) is 9.59 Å². The molecule has 2 aromatic carbocycles. The van der Waals surface area contributed by atoms with E-state index >= 15 is 0 Å². The zero-order valence-corrected chi connectivity index (χ0v) is 17.8. The number of pyridine rings is 1. The van der Waals surface area contributed by atoms with Gasteiger partial charge in [0.05, 0.1) is 16.1 Å². The Morgan fingerprint density at radius 2 is 1.83 bits per heavy atom. The number of aryl methyl sites for hydroxylation is 1. The Morgan fingerprint density at radius 3 is 2.52 bits per heavy atom. The molecule has 0 aliphatic carbocycles. The third-order valence-electron chi connectivity index (χ3n) is 4.69. The maximum atomic E-state index is 13.0. The van der Waals surface area contributed by atoms with E-state index in [0.29, 0.717) is 17.0 Å². The van der Waals surface area contributed by atoms with Gasteiger partial charge in [-0.25, -0.2) is 4.79 Å². The second-order valence-electron chi connectivity index (χ2n) is 6.66. The second kappa shape index (κ2) is 9.38. The number of esters is 1. The Kier molecular flexibility index (Phi) is 6.88. The highest BCUT2D eigenvalue weighted by molar-refractivity contribution is 6.36. The van der Waals surface area contributed by atoms with E-state index in [1.54, 1.807) is 6.07 Å². The van der Waals surface area contributed by atoms with Crippen molar-refractivity contribution >= 4 is 45.9 Å². The first-order valence-electron chi connectivity index (χ1n) is 9.52. The average Bonchev–Trinajstić information content (AvgIpc) is 2.71. The maximum Gasteiger partial charge on any atom is 0.339 e. The lowest BCUT2D eigenvalue weighted by Gasteiger charge is -2.15. The summed E-state index contributed by atoms with van der Waals surface area (Å²) in [6, 6.07) is 12.1. The number of hydrogen-bond acceptors (Lipinski definition) is 4. The third kappa shape index (κ3) is 4.60. The van der Waals surface area contributed by atoms with Crippen LogP contribution in [0.4, 0.5) is 0 Å². The molecule has 1 aromatic heterocycles. The first kappa shape index (κ1) is 21.3. The van der Waals surface area contributed by atoms with Crippen molar-refractivity contribution in [1.82, 2.24) is 4.98 Å². The minimum absolute atomic E-state index is 0.229. The number of Topliss-reactive ketones (excluding diaryl/α,β-unsaturated/α-hetero) is 1. The fraction of sp³-hybridized carbons (Fsp3) is 0.261. The number of rotatable bonds is 7. The van der Waals surface area contributed by atoms with Crippen molar-refractivity contribution in [2.75, 3.05) is 6.61 Å². The number of para-hydroxylation sites is 1. The van der Waals surface area contributed by atoms with Crippen LogP contribution in [0.1, 0.15) is 52.2 Å². The summed E-state index contributed by atoms with van der Waals surface area (Å²) in [6.07, 6.45) is 2.34. The number of aromatic nitrogens is 1. The summed E-state index contributed by atoms with van der Waals surface area (Å²) in [5.41, 5.74) is 3.26. The number of fused-ring (bicyclic) bond motifs is 1. The van der Waals surface area contributed by atoms with Crippen LogP contribution < -0.4 is 0 Å². The molecule has 0 saturated carbocycles. The minimum atomic E-state index is -0.531. The van der Waals surface area contributed by atoms with Gasteiger partial charge in [0.15, 0.2) is 6.61 Å². The lowest BCUT2D eigenvalue weighted by atomic mass is 9.96. The highest BCUT2D eigenvalue weighted by Crippen LogP contribution is 2.26. The molecule has 0 atom stereocenters. The topological polar surface area (TPSA) is 56.3 Å². The number of halogens is 2. The SMILES string of the molecule is CCCc1nc2ccccc2c(C(=O)OCC(=O)c2ccc(Cl)cc2Cl)c1CC. The summed E-state index contributed by atoms with van der Waals surface area (Å²) in [7, 11) is 0. The van der Waals surface area contributed by atoms with Gasteiger partial charge >= 0.3 is 5.97 Å². The van der Waals surface area contributed by atoms with Gasteiger partial charge in [-0.05, 0) is 42.7 Å². The molecule has 0 fully saturated rings.